The van der Waals surface area contributed by atoms with Crippen LogP contribution in [0.15, 0.2) is 29.0 Å². The van der Waals surface area contributed by atoms with E-state index in [9.17, 15) is 24.4 Å². The van der Waals surface area contributed by atoms with Gasteiger partial charge in [0.05, 0.1) is 6.04 Å². The van der Waals surface area contributed by atoms with Gasteiger partial charge in [0.15, 0.2) is 11.6 Å². The number of hydrogen-bond acceptors (Lipinski definition) is 6. The zero-order valence-electron chi connectivity index (χ0n) is 18.8. The van der Waals surface area contributed by atoms with Crippen molar-refractivity contribution >= 4 is 17.5 Å². The minimum absolute atomic E-state index is 0.0280. The zero-order valence-corrected chi connectivity index (χ0v) is 18.8. The Morgan fingerprint density at radius 3 is 2.55 bits per heavy atom. The number of primary amides is 1. The van der Waals surface area contributed by atoms with E-state index in [0.29, 0.717) is 18.3 Å². The fraction of sp³-hybridized carbons (Fsp3) is 0.708. The van der Waals surface area contributed by atoms with Crippen LogP contribution in [0.1, 0.15) is 53.4 Å². The molecule has 4 aliphatic carbocycles. The van der Waals surface area contributed by atoms with Gasteiger partial charge in [0.25, 0.3) is 0 Å². The summed E-state index contributed by atoms with van der Waals surface area (Å²) in [4.78, 5) is 45.6. The van der Waals surface area contributed by atoms with Crippen LogP contribution < -0.4 is 5.73 Å². The third kappa shape index (κ3) is 3.81. The number of amides is 1. The van der Waals surface area contributed by atoms with Crippen molar-refractivity contribution in [3.8, 4) is 0 Å². The number of ketones is 2. The average molecular weight is 431 g/mol. The highest BCUT2D eigenvalue weighted by atomic mass is 16.3. The van der Waals surface area contributed by atoms with Crippen LogP contribution in [-0.2, 0) is 14.4 Å². The van der Waals surface area contributed by atoms with Gasteiger partial charge in [0.2, 0.25) is 5.91 Å². The molecule has 3 fully saturated rings. The van der Waals surface area contributed by atoms with Gasteiger partial charge in [-0.05, 0) is 61.0 Å². The minimum Gasteiger partial charge on any atom is -0.389 e. The Balaban J connectivity index is 0.000000628. The quantitative estimate of drug-likeness (QED) is 0.666. The molecule has 8 atom stereocenters. The zero-order chi connectivity index (χ0) is 23.1. The van der Waals surface area contributed by atoms with E-state index >= 15 is 0 Å². The molecule has 1 amide bonds. The lowest BCUT2D eigenvalue weighted by atomic mass is 9.46. The van der Waals surface area contributed by atoms with Crippen LogP contribution in [-0.4, -0.2) is 35.2 Å². The first-order valence-corrected chi connectivity index (χ1v) is 11.2. The molecule has 0 heterocycles. The van der Waals surface area contributed by atoms with E-state index in [4.69, 9.17) is 0 Å². The van der Waals surface area contributed by atoms with Gasteiger partial charge < -0.3 is 10.8 Å². The van der Waals surface area contributed by atoms with Crippen LogP contribution in [0.5, 0.6) is 0 Å². The molecule has 0 spiro atoms. The van der Waals surface area contributed by atoms with Gasteiger partial charge in [0, 0.05) is 24.2 Å². The maximum absolute atomic E-state index is 12.6. The molecule has 170 valence electrons. The largest absolute Gasteiger partial charge is 0.389 e. The van der Waals surface area contributed by atoms with Crippen molar-refractivity contribution in [1.29, 1.82) is 0 Å². The molecule has 31 heavy (non-hydrogen) atoms. The number of carbonyl (C=O) groups excluding carboxylic acids is 3. The molecule has 7 nitrogen and oxygen atoms in total. The normalized spacial score (nSPS) is 42.9. The van der Waals surface area contributed by atoms with E-state index in [2.05, 4.69) is 31.7 Å². The van der Waals surface area contributed by atoms with E-state index in [1.54, 1.807) is 12.2 Å². The summed E-state index contributed by atoms with van der Waals surface area (Å²) in [5.74, 6) is 0.338. The molecule has 3 N–H and O–H groups in total. The van der Waals surface area contributed by atoms with Crippen LogP contribution in [0.25, 0.3) is 0 Å². The molecule has 5 unspecified atom stereocenters. The van der Waals surface area contributed by atoms with Gasteiger partial charge in [-0.15, -0.1) is 0 Å². The molecule has 4 rings (SSSR count). The van der Waals surface area contributed by atoms with Crippen molar-refractivity contribution in [2.45, 2.75) is 59.4 Å². The fourth-order valence-corrected chi connectivity index (χ4v) is 7.58. The van der Waals surface area contributed by atoms with Crippen LogP contribution in [0.3, 0.4) is 0 Å². The SMILES string of the molecule is CC(N)=O.CC1CC2C3CCC4=CC(=O)C=C[C@]4(C)C3[C@@H](N=O)C[C@]2(C)C1C(=O)CO. The highest BCUT2D eigenvalue weighted by Crippen LogP contribution is 2.67. The van der Waals surface area contributed by atoms with Gasteiger partial charge >= 0.3 is 0 Å². The van der Waals surface area contributed by atoms with Crippen molar-refractivity contribution in [1.82, 2.24) is 0 Å². The Kier molecular flexibility index (Phi) is 6.38. The molecular weight excluding hydrogens is 396 g/mol. The number of rotatable bonds is 3. The van der Waals surface area contributed by atoms with Crippen molar-refractivity contribution in [2.24, 2.45) is 51.3 Å². The second-order valence-corrected chi connectivity index (χ2v) is 10.3. The lowest BCUT2D eigenvalue weighted by Crippen LogP contribution is -2.56. The number of fused-ring (bicyclic) bond motifs is 5. The number of aliphatic hydroxyl groups is 1. The molecule has 0 aromatic rings. The van der Waals surface area contributed by atoms with Crippen LogP contribution in [0.2, 0.25) is 0 Å². The Morgan fingerprint density at radius 1 is 1.32 bits per heavy atom. The number of aliphatic hydroxyl groups excluding tert-OH is 1. The van der Waals surface area contributed by atoms with Gasteiger partial charge in [0.1, 0.15) is 6.61 Å². The number of hydrogen-bond donors (Lipinski definition) is 2. The van der Waals surface area contributed by atoms with Crippen LogP contribution >= 0.6 is 0 Å². The molecule has 0 saturated heterocycles. The molecule has 0 radical (unpaired) electrons. The first-order valence-electron chi connectivity index (χ1n) is 11.2. The van der Waals surface area contributed by atoms with E-state index in [1.807, 2.05) is 6.08 Å². The Bertz CT molecular complexity index is 845. The third-order valence-corrected chi connectivity index (χ3v) is 8.47. The van der Waals surface area contributed by atoms with Gasteiger partial charge in [-0.2, -0.15) is 4.91 Å². The third-order valence-electron chi connectivity index (χ3n) is 8.47. The summed E-state index contributed by atoms with van der Waals surface area (Å²) >= 11 is 0. The first-order chi connectivity index (χ1) is 14.5. The molecule has 4 aliphatic rings. The first kappa shape index (κ1) is 23.5. The second kappa shape index (κ2) is 8.41. The molecule has 0 aromatic heterocycles. The van der Waals surface area contributed by atoms with Crippen LogP contribution in [0, 0.1) is 45.3 Å². The minimum atomic E-state index is -0.431. The van der Waals surface area contributed by atoms with E-state index in [1.165, 1.54) is 6.92 Å². The lowest BCUT2D eigenvalue weighted by Gasteiger charge is -2.58. The lowest BCUT2D eigenvalue weighted by molar-refractivity contribution is -0.134. The van der Waals surface area contributed by atoms with Gasteiger partial charge in [-0.25, -0.2) is 0 Å². The average Bonchev–Trinajstić information content (AvgIpc) is 2.96. The van der Waals surface area contributed by atoms with Crippen molar-refractivity contribution in [3.63, 3.8) is 0 Å². The summed E-state index contributed by atoms with van der Waals surface area (Å²) < 4.78 is 0. The molecular formula is C24H34N2O5. The second-order valence-electron chi connectivity index (χ2n) is 10.3. The Hall–Kier alpha value is -2.15. The van der Waals surface area contributed by atoms with E-state index in [-0.39, 0.29) is 52.1 Å². The number of allylic oxidation sites excluding steroid dienone is 4. The number of Topliss-reactive ketones (excluding diaryl/α,β-unsaturated/α-hetero) is 1. The standard InChI is InChI=1S/C22H29NO4.C2H5NO/c1-12-8-16-15-5-4-13-9-14(25)6-7-21(13,2)20(15)17(23-27)10-22(16,3)19(12)18(26)11-24;1-2(3)4/h6-7,9,12,15-17,19-20,24H,4-5,8,10-11H2,1-3H3;1H3,(H2,3,4)/t12?,15?,16?,17-,19?,20?,21-,22-;/m0./s1. The summed E-state index contributed by atoms with van der Waals surface area (Å²) in [5.41, 5.74) is 5.01. The van der Waals surface area contributed by atoms with Crippen molar-refractivity contribution in [2.75, 3.05) is 6.61 Å². The molecule has 0 bridgehead atoms. The number of nitroso groups, excluding NO2 is 1. The Labute approximate surface area is 183 Å². The van der Waals surface area contributed by atoms with Crippen LogP contribution in [0.4, 0.5) is 0 Å². The van der Waals surface area contributed by atoms with Crippen molar-refractivity contribution in [3.05, 3.63) is 28.7 Å². The maximum atomic E-state index is 12.6. The molecule has 0 aromatic carbocycles. The summed E-state index contributed by atoms with van der Waals surface area (Å²) in [6.45, 7) is 7.27. The predicted molar refractivity (Wildman–Crippen MR) is 117 cm³/mol. The molecule has 3 saturated carbocycles. The highest BCUT2D eigenvalue weighted by Gasteiger charge is 2.64. The highest BCUT2D eigenvalue weighted by molar-refractivity contribution is 6.01. The van der Waals surface area contributed by atoms with E-state index < -0.39 is 6.61 Å². The summed E-state index contributed by atoms with van der Waals surface area (Å²) in [5, 5.41) is 13.1. The molecule has 0 aliphatic heterocycles. The van der Waals surface area contributed by atoms with Gasteiger partial charge in [-0.1, -0.05) is 37.6 Å². The molecule has 7 heteroatoms. The fourth-order valence-electron chi connectivity index (χ4n) is 7.58. The maximum Gasteiger partial charge on any atom is 0.214 e. The summed E-state index contributed by atoms with van der Waals surface area (Å²) in [7, 11) is 0. The number of carbonyl (C=O) groups is 3. The summed E-state index contributed by atoms with van der Waals surface area (Å²) in [6.07, 6.45) is 8.73. The summed E-state index contributed by atoms with van der Waals surface area (Å²) in [6, 6.07) is -0.373. The topological polar surface area (TPSA) is 127 Å². The van der Waals surface area contributed by atoms with Gasteiger partial charge in [-0.3, -0.25) is 14.4 Å². The number of nitrogens with zero attached hydrogens (tertiary/aromatic N) is 1. The number of nitrogens with two attached hydrogens (primary N) is 1. The monoisotopic (exact) mass is 430 g/mol. The van der Waals surface area contributed by atoms with E-state index in [0.717, 1.165) is 24.8 Å². The Morgan fingerprint density at radius 2 is 1.97 bits per heavy atom. The predicted octanol–water partition coefficient (Wildman–Crippen LogP) is 2.95. The smallest absolute Gasteiger partial charge is 0.214 e. The van der Waals surface area contributed by atoms with Crippen molar-refractivity contribution < 1.29 is 19.5 Å².